The first-order chi connectivity index (χ1) is 15.0. The molecule has 2 heterocycles. The Morgan fingerprint density at radius 1 is 1.19 bits per heavy atom. The van der Waals surface area contributed by atoms with Gasteiger partial charge in [0.1, 0.15) is 5.75 Å². The van der Waals surface area contributed by atoms with Crippen LogP contribution in [0.15, 0.2) is 53.5 Å². The van der Waals surface area contributed by atoms with E-state index in [1.54, 1.807) is 30.3 Å². The summed E-state index contributed by atoms with van der Waals surface area (Å²) in [6.07, 6.45) is -4.62. The summed E-state index contributed by atoms with van der Waals surface area (Å²) in [5.41, 5.74) is -0.988. The number of anilines is 1. The van der Waals surface area contributed by atoms with Crippen LogP contribution >= 0.6 is 23.4 Å². The monoisotopic (exact) mass is 504 g/mol. The van der Waals surface area contributed by atoms with E-state index in [2.05, 4.69) is 4.99 Å². The van der Waals surface area contributed by atoms with Gasteiger partial charge in [-0.15, -0.1) is 0 Å². The van der Waals surface area contributed by atoms with Crippen LogP contribution in [0.25, 0.3) is 0 Å². The molecule has 6 nitrogen and oxygen atoms in total. The predicted octanol–water partition coefficient (Wildman–Crippen LogP) is 4.04. The molecule has 2 aromatic rings. The van der Waals surface area contributed by atoms with Crippen molar-refractivity contribution in [1.82, 2.24) is 0 Å². The number of sulfone groups is 1. The van der Waals surface area contributed by atoms with Crippen molar-refractivity contribution in [2.45, 2.75) is 17.5 Å². The van der Waals surface area contributed by atoms with Gasteiger partial charge in [0.2, 0.25) is 0 Å². The van der Waals surface area contributed by atoms with Crippen LogP contribution < -0.4 is 9.64 Å². The van der Waals surface area contributed by atoms with Crippen molar-refractivity contribution < 1.29 is 31.1 Å². The van der Waals surface area contributed by atoms with Crippen LogP contribution in [0.5, 0.6) is 5.75 Å². The van der Waals surface area contributed by atoms with Gasteiger partial charge in [-0.05, 0) is 30.3 Å². The van der Waals surface area contributed by atoms with E-state index in [1.165, 1.54) is 4.90 Å². The highest BCUT2D eigenvalue weighted by Gasteiger charge is 2.50. The fraction of sp³-hybridized carbons (Fsp3) is 0.300. The third kappa shape index (κ3) is 4.89. The molecule has 170 valence electrons. The normalized spacial score (nSPS) is 23.4. The molecule has 2 saturated heterocycles. The lowest BCUT2D eigenvalue weighted by molar-refractivity contribution is -0.137. The van der Waals surface area contributed by atoms with E-state index in [9.17, 15) is 26.4 Å². The van der Waals surface area contributed by atoms with Gasteiger partial charge in [0, 0.05) is 5.25 Å². The van der Waals surface area contributed by atoms with Gasteiger partial charge in [0.25, 0.3) is 5.91 Å². The van der Waals surface area contributed by atoms with E-state index in [-0.39, 0.29) is 34.0 Å². The fourth-order valence-corrected chi connectivity index (χ4v) is 7.65. The van der Waals surface area contributed by atoms with Gasteiger partial charge in [-0.2, -0.15) is 18.2 Å². The number of halogens is 4. The Morgan fingerprint density at radius 3 is 2.59 bits per heavy atom. The van der Waals surface area contributed by atoms with Gasteiger partial charge < -0.3 is 9.64 Å². The molecule has 1 amide bonds. The quantitative estimate of drug-likeness (QED) is 0.625. The number of ether oxygens (including phenoxy) is 1. The Kier molecular flexibility index (Phi) is 6.17. The molecule has 2 fully saturated rings. The van der Waals surface area contributed by atoms with Crippen molar-refractivity contribution in [2.24, 2.45) is 4.99 Å². The van der Waals surface area contributed by atoms with E-state index < -0.39 is 38.8 Å². The molecule has 2 aliphatic heterocycles. The molecule has 0 radical (unpaired) electrons. The second kappa shape index (κ2) is 8.60. The van der Waals surface area contributed by atoms with Gasteiger partial charge in [-0.1, -0.05) is 41.6 Å². The minimum absolute atomic E-state index is 0.00997. The lowest BCUT2D eigenvalue weighted by atomic mass is 10.1. The number of para-hydroxylation sites is 1. The fourth-order valence-electron chi connectivity index (χ4n) is 3.52. The molecule has 0 N–H and O–H groups in total. The maximum atomic E-state index is 13.3. The van der Waals surface area contributed by atoms with Crippen molar-refractivity contribution in [3.8, 4) is 5.75 Å². The van der Waals surface area contributed by atoms with Crippen LogP contribution in [0.2, 0.25) is 5.02 Å². The summed E-state index contributed by atoms with van der Waals surface area (Å²) in [6, 6.07) is 10.7. The summed E-state index contributed by atoms with van der Waals surface area (Å²) in [7, 11) is -3.39. The number of benzene rings is 2. The third-order valence-electron chi connectivity index (χ3n) is 4.93. The molecule has 4 rings (SSSR count). The maximum absolute atomic E-state index is 13.3. The molecular weight excluding hydrogens is 489 g/mol. The van der Waals surface area contributed by atoms with Crippen LogP contribution in [0.4, 0.5) is 18.9 Å². The zero-order valence-electron chi connectivity index (χ0n) is 16.3. The molecule has 0 spiro atoms. The highest BCUT2D eigenvalue weighted by molar-refractivity contribution is 8.16. The summed E-state index contributed by atoms with van der Waals surface area (Å²) in [5.74, 6) is -0.637. The molecule has 2 aromatic carbocycles. The van der Waals surface area contributed by atoms with Crippen LogP contribution in [0, 0.1) is 0 Å². The van der Waals surface area contributed by atoms with E-state index in [1.807, 2.05) is 0 Å². The predicted molar refractivity (Wildman–Crippen MR) is 117 cm³/mol. The van der Waals surface area contributed by atoms with E-state index in [0.717, 1.165) is 30.0 Å². The van der Waals surface area contributed by atoms with E-state index in [0.29, 0.717) is 5.75 Å². The number of aliphatic imine (C=N–C) groups is 1. The minimum atomic E-state index is -4.62. The molecule has 0 unspecified atom stereocenters. The number of fused-ring (bicyclic) bond motifs is 1. The number of carbonyl (C=O) groups is 1. The standard InChI is InChI=1S/C20H16ClF3N2O4S2/c21-14-7-6-12(20(22,23)24)8-15(14)26-16-10-32(28,29)11-17(16)31-19(26)25-18(27)9-30-13-4-2-1-3-5-13/h1-8,16-17H,9-11H2/t16-,17+/m0/s1. The average Bonchev–Trinajstić information content (AvgIpc) is 3.17. The number of rotatable bonds is 4. The number of thioether (sulfide) groups is 1. The zero-order chi connectivity index (χ0) is 23.1. The number of amidine groups is 1. The molecule has 12 heteroatoms. The highest BCUT2D eigenvalue weighted by Crippen LogP contribution is 2.44. The summed E-state index contributed by atoms with van der Waals surface area (Å²) >= 11 is 7.24. The molecule has 0 bridgehead atoms. The Labute approximate surface area is 191 Å². The van der Waals surface area contributed by atoms with Crippen molar-refractivity contribution >= 4 is 50.0 Å². The summed E-state index contributed by atoms with van der Waals surface area (Å²) in [5, 5.41) is -0.394. The van der Waals surface area contributed by atoms with E-state index >= 15 is 0 Å². The van der Waals surface area contributed by atoms with Crippen LogP contribution in [0.3, 0.4) is 0 Å². The Morgan fingerprint density at radius 2 is 1.91 bits per heavy atom. The van der Waals surface area contributed by atoms with Crippen LogP contribution in [-0.2, 0) is 20.8 Å². The van der Waals surface area contributed by atoms with Crippen molar-refractivity contribution in [3.05, 3.63) is 59.1 Å². The van der Waals surface area contributed by atoms with Gasteiger partial charge >= 0.3 is 6.18 Å². The first-order valence-electron chi connectivity index (χ1n) is 9.36. The SMILES string of the molecule is O=C(COc1ccccc1)N=C1S[C@@H]2CS(=O)(=O)C[C@@H]2N1c1cc(C(F)(F)F)ccc1Cl. The number of nitrogens with zero attached hydrogens (tertiary/aromatic N) is 2. The number of alkyl halides is 3. The molecular formula is C20H16ClF3N2O4S2. The van der Waals surface area contributed by atoms with Gasteiger partial charge in [0.05, 0.1) is 33.8 Å². The van der Waals surface area contributed by atoms with Crippen LogP contribution in [-0.4, -0.2) is 48.9 Å². The first-order valence-corrected chi connectivity index (χ1v) is 12.4. The second-order valence-corrected chi connectivity index (χ2v) is 11.0. The Balaban J connectivity index is 1.66. The summed E-state index contributed by atoms with van der Waals surface area (Å²) in [6.45, 7) is -0.383. The molecule has 2 atom stereocenters. The summed E-state index contributed by atoms with van der Waals surface area (Å²) in [4.78, 5) is 17.8. The van der Waals surface area contributed by atoms with Gasteiger partial charge in [-0.25, -0.2) is 8.42 Å². The molecule has 0 aromatic heterocycles. The lowest BCUT2D eigenvalue weighted by Gasteiger charge is -2.26. The smallest absolute Gasteiger partial charge is 0.416 e. The molecule has 2 aliphatic rings. The number of amides is 1. The average molecular weight is 505 g/mol. The number of carbonyl (C=O) groups excluding carboxylic acids is 1. The van der Waals surface area contributed by atoms with Crippen LogP contribution in [0.1, 0.15) is 5.56 Å². The first kappa shape index (κ1) is 22.9. The topological polar surface area (TPSA) is 76.0 Å². The van der Waals surface area contributed by atoms with Crippen molar-refractivity contribution in [1.29, 1.82) is 0 Å². The van der Waals surface area contributed by atoms with Gasteiger partial charge in [0.15, 0.2) is 21.6 Å². The largest absolute Gasteiger partial charge is 0.484 e. The van der Waals surface area contributed by atoms with Crippen molar-refractivity contribution in [3.63, 3.8) is 0 Å². The maximum Gasteiger partial charge on any atom is 0.416 e. The molecule has 0 aliphatic carbocycles. The third-order valence-corrected chi connectivity index (χ3v) is 8.45. The number of hydrogen-bond acceptors (Lipinski definition) is 5. The second-order valence-electron chi connectivity index (χ2n) is 7.22. The zero-order valence-corrected chi connectivity index (χ0v) is 18.6. The molecule has 32 heavy (non-hydrogen) atoms. The number of hydrogen-bond donors (Lipinski definition) is 0. The molecule has 0 saturated carbocycles. The highest BCUT2D eigenvalue weighted by atomic mass is 35.5. The minimum Gasteiger partial charge on any atom is -0.484 e. The van der Waals surface area contributed by atoms with E-state index in [4.69, 9.17) is 16.3 Å². The summed E-state index contributed by atoms with van der Waals surface area (Å²) < 4.78 is 69.5. The lowest BCUT2D eigenvalue weighted by Crippen LogP contribution is -2.38. The van der Waals surface area contributed by atoms with Gasteiger partial charge in [-0.3, -0.25) is 4.79 Å². The Bertz CT molecular complexity index is 1170. The Hall–Kier alpha value is -2.24. The van der Waals surface area contributed by atoms with Crippen molar-refractivity contribution in [2.75, 3.05) is 23.0 Å².